The van der Waals surface area contributed by atoms with Crippen molar-refractivity contribution in [2.45, 2.75) is 11.4 Å². The van der Waals surface area contributed by atoms with E-state index in [9.17, 15) is 18.5 Å². The number of hydrogen-bond acceptors (Lipinski definition) is 6. The maximum atomic E-state index is 12.9. The second-order valence-corrected chi connectivity index (χ2v) is 11.0. The van der Waals surface area contributed by atoms with Gasteiger partial charge in [-0.05, 0) is 52.1 Å². The number of carbonyl (C=O) groups is 1. The number of benzene rings is 1. The third-order valence-electron chi connectivity index (χ3n) is 4.70. The fourth-order valence-corrected chi connectivity index (χ4v) is 5.99. The highest BCUT2D eigenvalue weighted by molar-refractivity contribution is 9.11. The van der Waals surface area contributed by atoms with Crippen LogP contribution in [0, 0.1) is 11.3 Å². The molecule has 1 aliphatic rings. The minimum Gasteiger partial charge on any atom is -0.339 e. The van der Waals surface area contributed by atoms with Crippen LogP contribution in [-0.4, -0.2) is 68.2 Å². The van der Waals surface area contributed by atoms with Gasteiger partial charge in [-0.15, -0.1) is 11.3 Å². The molecule has 29 heavy (non-hydrogen) atoms. The average Bonchev–Trinajstić information content (AvgIpc) is 3.12. The van der Waals surface area contributed by atoms with Gasteiger partial charge in [-0.1, -0.05) is 12.1 Å². The monoisotopic (exact) mass is 496 g/mol. The number of nitrogens with zero attached hydrogens (tertiary/aromatic N) is 4. The molecule has 154 valence electrons. The van der Waals surface area contributed by atoms with Gasteiger partial charge in [0, 0.05) is 32.7 Å². The number of rotatable bonds is 6. The predicted molar refractivity (Wildman–Crippen MR) is 115 cm³/mol. The molecule has 0 saturated carbocycles. The number of likely N-dealkylation sites (N-methyl/N-ethyl adjacent to an activating group) is 1. The van der Waals surface area contributed by atoms with Crippen LogP contribution < -0.4 is 0 Å². The lowest BCUT2D eigenvalue weighted by atomic mass is 10.2. The van der Waals surface area contributed by atoms with E-state index in [4.69, 9.17) is 0 Å². The Morgan fingerprint density at radius 3 is 2.59 bits per heavy atom. The van der Waals surface area contributed by atoms with Crippen molar-refractivity contribution in [1.82, 2.24) is 14.1 Å². The summed E-state index contributed by atoms with van der Waals surface area (Å²) in [6, 6.07) is 10.2. The van der Waals surface area contributed by atoms with E-state index in [0.717, 1.165) is 9.35 Å². The van der Waals surface area contributed by atoms with Gasteiger partial charge in [0.2, 0.25) is 15.9 Å². The van der Waals surface area contributed by atoms with Crippen molar-refractivity contribution >= 4 is 43.2 Å². The van der Waals surface area contributed by atoms with E-state index < -0.39 is 10.0 Å². The Bertz CT molecular complexity index is 1020. The summed E-state index contributed by atoms with van der Waals surface area (Å²) in [6.07, 6.45) is 0. The summed E-state index contributed by atoms with van der Waals surface area (Å²) in [7, 11) is -1.86. The first-order chi connectivity index (χ1) is 13.8. The Morgan fingerprint density at radius 2 is 1.97 bits per heavy atom. The number of hydrogen-bond donors (Lipinski definition) is 0. The summed E-state index contributed by atoms with van der Waals surface area (Å²) in [5, 5.41) is 11.2. The fraction of sp³-hybridized carbons (Fsp3) is 0.368. The predicted octanol–water partition coefficient (Wildman–Crippen LogP) is 2.35. The highest BCUT2D eigenvalue weighted by Gasteiger charge is 2.31. The lowest BCUT2D eigenvalue weighted by Gasteiger charge is -2.34. The molecule has 1 aromatic carbocycles. The molecule has 0 radical (unpaired) electrons. The number of nitriles is 1. The van der Waals surface area contributed by atoms with Gasteiger partial charge in [0.05, 0.1) is 20.8 Å². The molecular formula is C19H21BrN4O3S2. The molecule has 3 rings (SSSR count). The zero-order chi connectivity index (χ0) is 21.0. The van der Waals surface area contributed by atoms with Crippen molar-refractivity contribution in [3.8, 4) is 6.07 Å². The highest BCUT2D eigenvalue weighted by atomic mass is 79.9. The molecule has 1 fully saturated rings. The number of carbonyl (C=O) groups excluding carboxylic acids is 1. The van der Waals surface area contributed by atoms with Crippen LogP contribution in [0.3, 0.4) is 0 Å². The maximum Gasteiger partial charge on any atom is 0.244 e. The molecule has 0 atom stereocenters. The van der Waals surface area contributed by atoms with Crippen LogP contribution in [0.5, 0.6) is 0 Å². The Balaban J connectivity index is 1.57. The molecule has 7 nitrogen and oxygen atoms in total. The molecule has 0 aliphatic carbocycles. The van der Waals surface area contributed by atoms with Gasteiger partial charge in [-0.3, -0.25) is 9.69 Å². The number of halogens is 1. The molecule has 0 N–H and O–H groups in total. The summed E-state index contributed by atoms with van der Waals surface area (Å²) in [5.41, 5.74) is 1.27. The van der Waals surface area contributed by atoms with Crippen molar-refractivity contribution in [1.29, 1.82) is 5.26 Å². The van der Waals surface area contributed by atoms with E-state index in [1.54, 1.807) is 28.4 Å². The van der Waals surface area contributed by atoms with Gasteiger partial charge in [-0.2, -0.15) is 9.57 Å². The van der Waals surface area contributed by atoms with Crippen LogP contribution in [0.15, 0.2) is 44.4 Å². The van der Waals surface area contributed by atoms with E-state index in [1.165, 1.54) is 16.4 Å². The Labute approximate surface area is 183 Å². The number of amides is 1. The van der Waals surface area contributed by atoms with Gasteiger partial charge < -0.3 is 4.90 Å². The van der Waals surface area contributed by atoms with Gasteiger partial charge in [0.25, 0.3) is 0 Å². The third-order valence-corrected chi connectivity index (χ3v) is 8.21. The smallest absolute Gasteiger partial charge is 0.244 e. The Hall–Kier alpha value is -1.77. The van der Waals surface area contributed by atoms with Crippen molar-refractivity contribution in [2.24, 2.45) is 0 Å². The highest BCUT2D eigenvalue weighted by Crippen LogP contribution is 2.22. The fourth-order valence-electron chi connectivity index (χ4n) is 3.23. The second-order valence-electron chi connectivity index (χ2n) is 6.82. The van der Waals surface area contributed by atoms with E-state index in [1.807, 2.05) is 29.5 Å². The standard InChI is InChI=1S/C19H21BrN4O3S2/c1-22(12-15-10-18(20)28-14-15)13-19(25)23-6-8-24(9-7-23)29(26,27)17-5-3-2-4-16(17)11-21/h2-5,10,14H,6-9,12-13H2,1H3. The van der Waals surface area contributed by atoms with Crippen molar-refractivity contribution < 1.29 is 13.2 Å². The summed E-state index contributed by atoms with van der Waals surface area (Å²) in [5.74, 6) is -0.0173. The SMILES string of the molecule is CN(CC(=O)N1CCN(S(=O)(=O)c2ccccc2C#N)CC1)Cc1csc(Br)c1. The van der Waals surface area contributed by atoms with Crippen LogP contribution in [0.2, 0.25) is 0 Å². The molecule has 2 aromatic rings. The first kappa shape index (κ1) is 21.9. The molecule has 2 heterocycles. The summed E-state index contributed by atoms with van der Waals surface area (Å²) < 4.78 is 28.2. The molecule has 0 unspecified atom stereocenters. The number of sulfonamides is 1. The Kier molecular flexibility index (Phi) is 7.08. The quantitative estimate of drug-likeness (QED) is 0.612. The number of piperazine rings is 1. The van der Waals surface area contributed by atoms with E-state index in [0.29, 0.717) is 19.6 Å². The van der Waals surface area contributed by atoms with Gasteiger partial charge in [0.15, 0.2) is 0 Å². The van der Waals surface area contributed by atoms with Crippen molar-refractivity contribution in [3.05, 3.63) is 50.6 Å². The lowest BCUT2D eigenvalue weighted by Crippen LogP contribution is -2.52. The minimum atomic E-state index is -3.76. The molecule has 1 aromatic heterocycles. The maximum absolute atomic E-state index is 12.9. The Morgan fingerprint density at radius 1 is 1.28 bits per heavy atom. The van der Waals surface area contributed by atoms with Crippen LogP contribution in [0.25, 0.3) is 0 Å². The van der Waals surface area contributed by atoms with Gasteiger partial charge >= 0.3 is 0 Å². The van der Waals surface area contributed by atoms with Crippen molar-refractivity contribution in [2.75, 3.05) is 39.8 Å². The first-order valence-corrected chi connectivity index (χ1v) is 12.1. The summed E-state index contributed by atoms with van der Waals surface area (Å²) >= 11 is 5.04. The third kappa shape index (κ3) is 5.24. The summed E-state index contributed by atoms with van der Waals surface area (Å²) in [6.45, 7) is 2.06. The number of thiophene rings is 1. The van der Waals surface area contributed by atoms with E-state index in [2.05, 4.69) is 15.9 Å². The van der Waals surface area contributed by atoms with Gasteiger partial charge in [0.1, 0.15) is 6.07 Å². The first-order valence-electron chi connectivity index (χ1n) is 9.00. The van der Waals surface area contributed by atoms with Gasteiger partial charge in [-0.25, -0.2) is 8.42 Å². The average molecular weight is 497 g/mol. The van der Waals surface area contributed by atoms with Crippen LogP contribution >= 0.6 is 27.3 Å². The molecule has 1 amide bonds. The zero-order valence-electron chi connectivity index (χ0n) is 15.9. The normalized spacial score (nSPS) is 15.4. The van der Waals surface area contributed by atoms with Crippen LogP contribution in [-0.2, 0) is 21.4 Å². The molecule has 0 spiro atoms. The summed E-state index contributed by atoms with van der Waals surface area (Å²) in [4.78, 5) is 16.3. The van der Waals surface area contributed by atoms with Crippen LogP contribution in [0.1, 0.15) is 11.1 Å². The molecule has 1 aliphatic heterocycles. The minimum absolute atomic E-state index is 0.0173. The molecule has 10 heteroatoms. The zero-order valence-corrected chi connectivity index (χ0v) is 19.1. The van der Waals surface area contributed by atoms with E-state index in [-0.39, 0.29) is 36.0 Å². The lowest BCUT2D eigenvalue weighted by molar-refractivity contribution is -0.133. The topological polar surface area (TPSA) is 84.7 Å². The van der Waals surface area contributed by atoms with E-state index >= 15 is 0 Å². The molecular weight excluding hydrogens is 476 g/mol. The second kappa shape index (κ2) is 9.36. The molecule has 1 saturated heterocycles. The largest absolute Gasteiger partial charge is 0.339 e. The molecule has 0 bridgehead atoms. The van der Waals surface area contributed by atoms with Crippen molar-refractivity contribution in [3.63, 3.8) is 0 Å². The van der Waals surface area contributed by atoms with Crippen LogP contribution in [0.4, 0.5) is 0 Å².